The number of halogens is 1. The molecule has 2 aliphatic rings. The minimum atomic E-state index is 0.192. The second kappa shape index (κ2) is 5.92. The lowest BCUT2D eigenvalue weighted by molar-refractivity contribution is 0.0305. The Morgan fingerprint density at radius 2 is 2.05 bits per heavy atom. The van der Waals surface area contributed by atoms with Crippen LogP contribution in [0.25, 0.3) is 0 Å². The smallest absolute Gasteiger partial charge is 0.0755 e. The Balaban J connectivity index is 1.73. The zero-order valence-corrected chi connectivity index (χ0v) is 12.8. The van der Waals surface area contributed by atoms with Gasteiger partial charge in [-0.05, 0) is 43.4 Å². The predicted molar refractivity (Wildman–Crippen MR) is 83.5 cm³/mol. The first-order chi connectivity index (χ1) is 9.65. The normalized spacial score (nSPS) is 26.9. The lowest BCUT2D eigenvalue weighted by Crippen LogP contribution is -2.42. The van der Waals surface area contributed by atoms with E-state index >= 15 is 0 Å². The van der Waals surface area contributed by atoms with Gasteiger partial charge in [0, 0.05) is 29.8 Å². The van der Waals surface area contributed by atoms with Crippen LogP contribution in [-0.2, 0) is 11.2 Å². The van der Waals surface area contributed by atoms with E-state index in [1.54, 1.807) is 0 Å². The summed E-state index contributed by atoms with van der Waals surface area (Å²) in [5.74, 6) is 0. The quantitative estimate of drug-likeness (QED) is 0.928. The third-order valence-corrected chi connectivity index (χ3v) is 4.80. The number of hydrogen-bond donors (Lipinski definition) is 1. The van der Waals surface area contributed by atoms with E-state index in [2.05, 4.69) is 30.0 Å². The van der Waals surface area contributed by atoms with Crippen molar-refractivity contribution in [3.63, 3.8) is 0 Å². The van der Waals surface area contributed by atoms with Gasteiger partial charge in [0.25, 0.3) is 0 Å². The zero-order valence-electron chi connectivity index (χ0n) is 12.0. The molecule has 1 aromatic rings. The molecule has 20 heavy (non-hydrogen) atoms. The lowest BCUT2D eigenvalue weighted by Gasteiger charge is -2.34. The molecule has 110 valence electrons. The van der Waals surface area contributed by atoms with Crippen LogP contribution in [0.4, 0.5) is 5.69 Å². The molecule has 3 nitrogen and oxygen atoms in total. The van der Waals surface area contributed by atoms with Crippen molar-refractivity contribution < 1.29 is 4.74 Å². The van der Waals surface area contributed by atoms with Crippen molar-refractivity contribution in [2.45, 2.75) is 50.9 Å². The molecule has 0 aliphatic carbocycles. The summed E-state index contributed by atoms with van der Waals surface area (Å²) in [7, 11) is 0. The summed E-state index contributed by atoms with van der Waals surface area (Å²) in [6.45, 7) is 4.08. The second-order valence-electron chi connectivity index (χ2n) is 6.01. The average Bonchev–Trinajstić information content (AvgIpc) is 2.79. The van der Waals surface area contributed by atoms with Crippen LogP contribution in [0.2, 0.25) is 5.02 Å². The summed E-state index contributed by atoms with van der Waals surface area (Å²) in [5, 5.41) is 0.838. The fourth-order valence-corrected chi connectivity index (χ4v) is 3.40. The topological polar surface area (TPSA) is 38.5 Å². The predicted octanol–water partition coefficient (Wildman–Crippen LogP) is 2.99. The van der Waals surface area contributed by atoms with E-state index in [9.17, 15) is 0 Å². The standard InChI is InChI=1S/C16H23ClN2O/c1-2-12(18)7-11-3-4-13(8-16(11)17)19-9-14-5-6-15(10-19)20-14/h3-4,8,12,14-15H,2,5-7,9-10,18H2,1H3. The molecule has 2 heterocycles. The molecule has 0 aromatic heterocycles. The molecule has 0 saturated carbocycles. The second-order valence-corrected chi connectivity index (χ2v) is 6.42. The number of ether oxygens (including phenoxy) is 1. The van der Waals surface area contributed by atoms with Gasteiger partial charge in [-0.15, -0.1) is 0 Å². The summed E-state index contributed by atoms with van der Waals surface area (Å²) >= 11 is 6.42. The Morgan fingerprint density at radius 1 is 1.35 bits per heavy atom. The van der Waals surface area contributed by atoms with Crippen molar-refractivity contribution in [2.24, 2.45) is 5.73 Å². The van der Waals surface area contributed by atoms with Crippen molar-refractivity contribution in [1.82, 2.24) is 0 Å². The first kappa shape index (κ1) is 14.2. The number of hydrogen-bond acceptors (Lipinski definition) is 3. The third-order valence-electron chi connectivity index (χ3n) is 4.45. The van der Waals surface area contributed by atoms with Gasteiger partial charge in [0.1, 0.15) is 0 Å². The molecule has 3 rings (SSSR count). The van der Waals surface area contributed by atoms with E-state index in [0.717, 1.165) is 36.5 Å². The zero-order chi connectivity index (χ0) is 14.1. The molecule has 3 unspecified atom stereocenters. The van der Waals surface area contributed by atoms with E-state index in [1.165, 1.54) is 18.5 Å². The highest BCUT2D eigenvalue weighted by molar-refractivity contribution is 6.31. The van der Waals surface area contributed by atoms with Crippen molar-refractivity contribution in [2.75, 3.05) is 18.0 Å². The summed E-state index contributed by atoms with van der Waals surface area (Å²) in [6.07, 6.45) is 5.02. The van der Waals surface area contributed by atoms with Crippen LogP contribution < -0.4 is 10.6 Å². The molecule has 2 fully saturated rings. The van der Waals surface area contributed by atoms with Gasteiger partial charge in [-0.2, -0.15) is 0 Å². The first-order valence-electron chi connectivity index (χ1n) is 7.60. The number of morpholine rings is 1. The van der Waals surface area contributed by atoms with Crippen molar-refractivity contribution in [3.05, 3.63) is 28.8 Å². The minimum absolute atomic E-state index is 0.192. The number of rotatable bonds is 4. The molecule has 3 atom stereocenters. The average molecular weight is 295 g/mol. The van der Waals surface area contributed by atoms with Crippen LogP contribution in [0.5, 0.6) is 0 Å². The van der Waals surface area contributed by atoms with Crippen molar-refractivity contribution in [3.8, 4) is 0 Å². The van der Waals surface area contributed by atoms with Crippen LogP contribution in [-0.4, -0.2) is 31.3 Å². The van der Waals surface area contributed by atoms with Gasteiger partial charge < -0.3 is 15.4 Å². The van der Waals surface area contributed by atoms with Gasteiger partial charge >= 0.3 is 0 Å². The number of nitrogens with two attached hydrogens (primary N) is 1. The highest BCUT2D eigenvalue weighted by Gasteiger charge is 2.33. The first-order valence-corrected chi connectivity index (χ1v) is 7.98. The van der Waals surface area contributed by atoms with Gasteiger partial charge in [-0.25, -0.2) is 0 Å². The van der Waals surface area contributed by atoms with Crippen LogP contribution in [0, 0.1) is 0 Å². The van der Waals surface area contributed by atoms with Crippen LogP contribution >= 0.6 is 11.6 Å². The number of benzene rings is 1. The summed E-state index contributed by atoms with van der Waals surface area (Å²) in [6, 6.07) is 6.58. The lowest BCUT2D eigenvalue weighted by atomic mass is 10.0. The summed E-state index contributed by atoms with van der Waals surface area (Å²) in [4.78, 5) is 2.40. The van der Waals surface area contributed by atoms with Crippen molar-refractivity contribution in [1.29, 1.82) is 0 Å². The number of fused-ring (bicyclic) bond motifs is 2. The molecule has 2 N–H and O–H groups in total. The summed E-state index contributed by atoms with van der Waals surface area (Å²) < 4.78 is 5.88. The van der Waals surface area contributed by atoms with Gasteiger partial charge in [0.2, 0.25) is 0 Å². The Bertz CT molecular complexity index is 468. The molecular formula is C16H23ClN2O. The van der Waals surface area contributed by atoms with Gasteiger partial charge in [0.05, 0.1) is 12.2 Å². The molecule has 0 spiro atoms. The maximum absolute atomic E-state index is 6.42. The van der Waals surface area contributed by atoms with Gasteiger partial charge in [-0.1, -0.05) is 24.6 Å². The van der Waals surface area contributed by atoms with E-state index in [1.807, 2.05) is 0 Å². The molecule has 2 bridgehead atoms. The molecule has 2 saturated heterocycles. The molecule has 0 amide bonds. The van der Waals surface area contributed by atoms with E-state index in [4.69, 9.17) is 22.1 Å². The Labute approximate surface area is 126 Å². The van der Waals surface area contributed by atoms with Crippen LogP contribution in [0.15, 0.2) is 18.2 Å². The summed E-state index contributed by atoms with van der Waals surface area (Å²) in [5.41, 5.74) is 8.38. The fraction of sp³-hybridized carbons (Fsp3) is 0.625. The minimum Gasteiger partial charge on any atom is -0.371 e. The highest BCUT2D eigenvalue weighted by atomic mass is 35.5. The van der Waals surface area contributed by atoms with E-state index in [0.29, 0.717) is 12.2 Å². The third kappa shape index (κ3) is 2.95. The maximum Gasteiger partial charge on any atom is 0.0755 e. The SMILES string of the molecule is CCC(N)Cc1ccc(N2CC3CCC(C2)O3)cc1Cl. The van der Waals surface area contributed by atoms with Gasteiger partial charge in [0.15, 0.2) is 0 Å². The largest absolute Gasteiger partial charge is 0.371 e. The van der Waals surface area contributed by atoms with E-state index in [-0.39, 0.29) is 6.04 Å². The van der Waals surface area contributed by atoms with Crippen molar-refractivity contribution >= 4 is 17.3 Å². The Morgan fingerprint density at radius 3 is 2.65 bits per heavy atom. The number of anilines is 1. The maximum atomic E-state index is 6.42. The van der Waals surface area contributed by atoms with Crippen LogP contribution in [0.3, 0.4) is 0 Å². The molecular weight excluding hydrogens is 272 g/mol. The monoisotopic (exact) mass is 294 g/mol. The fourth-order valence-electron chi connectivity index (χ4n) is 3.15. The molecule has 1 aromatic carbocycles. The number of nitrogens with zero attached hydrogens (tertiary/aromatic N) is 1. The molecule has 2 aliphatic heterocycles. The van der Waals surface area contributed by atoms with E-state index < -0.39 is 0 Å². The van der Waals surface area contributed by atoms with Crippen LogP contribution in [0.1, 0.15) is 31.7 Å². The Hall–Kier alpha value is -0.770. The van der Waals surface area contributed by atoms with Gasteiger partial charge in [-0.3, -0.25) is 0 Å². The molecule has 0 radical (unpaired) electrons. The molecule has 4 heteroatoms. The highest BCUT2D eigenvalue weighted by Crippen LogP contribution is 2.31. The Kier molecular flexibility index (Phi) is 4.20.